The molecule has 0 spiro atoms. The second-order valence-corrected chi connectivity index (χ2v) is 17.6. The number of aliphatic imine (C=N–C) groups is 2. The highest BCUT2D eigenvalue weighted by atomic mass is 32.1. The van der Waals surface area contributed by atoms with Gasteiger partial charge in [0.15, 0.2) is 23.3 Å². The molecule has 3 aromatic heterocycles. The van der Waals surface area contributed by atoms with Gasteiger partial charge >= 0.3 is 0 Å². The zero-order valence-corrected chi connectivity index (χ0v) is 32.1. The van der Waals surface area contributed by atoms with E-state index in [2.05, 4.69) is 42.5 Å². The maximum atomic E-state index is 14.4. The molecule has 15 heteroatoms. The van der Waals surface area contributed by atoms with E-state index in [9.17, 15) is 42.9 Å². The predicted molar refractivity (Wildman–Crippen MR) is 210 cm³/mol. The quantitative estimate of drug-likeness (QED) is 0.0994. The molecule has 9 rings (SSSR count). The molecule has 4 aliphatic carbocycles. The summed E-state index contributed by atoms with van der Waals surface area (Å²) in [7, 11) is 0. The Morgan fingerprint density at radius 3 is 1.72 bits per heavy atom. The molecule has 0 saturated heterocycles. The lowest BCUT2D eigenvalue weighted by Crippen LogP contribution is -2.16. The number of nitriles is 3. The van der Waals surface area contributed by atoms with Gasteiger partial charge in [0.05, 0.1) is 17.3 Å². The Kier molecular flexibility index (Phi) is 7.55. The van der Waals surface area contributed by atoms with Crippen LogP contribution in [-0.2, 0) is 10.8 Å². The van der Waals surface area contributed by atoms with E-state index < -0.39 is 56.9 Å². The van der Waals surface area contributed by atoms with Crippen molar-refractivity contribution in [2.75, 3.05) is 0 Å². The van der Waals surface area contributed by atoms with Crippen LogP contribution in [0, 0.1) is 63.8 Å². The number of benzene rings is 2. The van der Waals surface area contributed by atoms with Gasteiger partial charge in [0, 0.05) is 53.1 Å². The molecule has 57 heavy (non-hydrogen) atoms. The van der Waals surface area contributed by atoms with Gasteiger partial charge in [-0.25, -0.2) is 37.7 Å². The van der Waals surface area contributed by atoms with Crippen molar-refractivity contribution in [2.24, 2.45) is 9.98 Å². The fourth-order valence-electron chi connectivity index (χ4n) is 8.26. The number of ketones is 2. The van der Waals surface area contributed by atoms with Crippen molar-refractivity contribution in [1.29, 1.82) is 15.8 Å². The van der Waals surface area contributed by atoms with Gasteiger partial charge in [-0.15, -0.1) is 34.0 Å². The average Bonchev–Trinajstić information content (AvgIpc) is 4.00. The first kappa shape index (κ1) is 36.0. The summed E-state index contributed by atoms with van der Waals surface area (Å²) in [6.07, 6.45) is 0. The normalized spacial score (nSPS) is 19.0. The van der Waals surface area contributed by atoms with Crippen LogP contribution < -0.4 is 0 Å². The van der Waals surface area contributed by atoms with Crippen LogP contribution in [0.3, 0.4) is 0 Å². The molecule has 0 N–H and O–H groups in total. The lowest BCUT2D eigenvalue weighted by atomic mass is 9.81. The summed E-state index contributed by atoms with van der Waals surface area (Å²) in [5.41, 5.74) is 0.745. The molecule has 274 valence electrons. The van der Waals surface area contributed by atoms with Gasteiger partial charge in [0.25, 0.3) is 5.70 Å². The molecule has 0 aliphatic heterocycles. The molecule has 0 unspecified atom stereocenters. The summed E-state index contributed by atoms with van der Waals surface area (Å²) < 4.78 is 58.9. The van der Waals surface area contributed by atoms with Crippen LogP contribution in [0.25, 0.3) is 36.5 Å². The third kappa shape index (κ3) is 4.71. The van der Waals surface area contributed by atoms with E-state index in [4.69, 9.17) is 6.57 Å². The summed E-state index contributed by atoms with van der Waals surface area (Å²) in [4.78, 5) is 41.6. The molecule has 0 radical (unpaired) electrons. The zero-order valence-electron chi connectivity index (χ0n) is 29.7. The van der Waals surface area contributed by atoms with E-state index in [1.165, 1.54) is 22.7 Å². The molecule has 4 aliphatic rings. The molecular weight excluding hydrogens is 793 g/mol. The minimum Gasteiger partial charge on any atom is -0.287 e. The van der Waals surface area contributed by atoms with Crippen molar-refractivity contribution in [2.45, 2.75) is 38.5 Å². The number of hydrogen-bond donors (Lipinski definition) is 0. The van der Waals surface area contributed by atoms with Gasteiger partial charge in [0.2, 0.25) is 11.6 Å². The van der Waals surface area contributed by atoms with Crippen molar-refractivity contribution < 1.29 is 27.2 Å². The highest BCUT2D eigenvalue weighted by Crippen LogP contribution is 2.68. The van der Waals surface area contributed by atoms with Crippen molar-refractivity contribution in [3.63, 3.8) is 0 Å². The first-order chi connectivity index (χ1) is 27.1. The van der Waals surface area contributed by atoms with E-state index >= 15 is 0 Å². The van der Waals surface area contributed by atoms with Crippen molar-refractivity contribution in [3.05, 3.63) is 125 Å². The molecule has 0 saturated carbocycles. The fraction of sp³-hybridized carbons (Fsp3) is 0.143. The Morgan fingerprint density at radius 2 is 1.18 bits per heavy atom. The van der Waals surface area contributed by atoms with E-state index in [1.54, 1.807) is 29.5 Å². The van der Waals surface area contributed by atoms with Crippen LogP contribution in [0.2, 0.25) is 0 Å². The second-order valence-electron chi connectivity index (χ2n) is 14.5. The molecule has 0 fully saturated rings. The van der Waals surface area contributed by atoms with Gasteiger partial charge in [-0.1, -0.05) is 27.7 Å². The number of halogens is 4. The van der Waals surface area contributed by atoms with Gasteiger partial charge in [-0.2, -0.15) is 10.5 Å². The van der Waals surface area contributed by atoms with Crippen molar-refractivity contribution >= 4 is 98.7 Å². The van der Waals surface area contributed by atoms with Crippen molar-refractivity contribution in [3.8, 4) is 18.2 Å². The van der Waals surface area contributed by atoms with Crippen LogP contribution in [0.15, 0.2) is 57.7 Å². The largest absolute Gasteiger partial charge is 0.287 e. The number of carbonyl (C=O) groups is 2. The zero-order chi connectivity index (χ0) is 40.6. The van der Waals surface area contributed by atoms with Crippen LogP contribution in [-0.4, -0.2) is 23.0 Å². The molecule has 0 amide bonds. The average molecular weight is 811 g/mol. The fourth-order valence-corrected chi connectivity index (χ4v) is 12.7. The molecular formula is C42H18F4N6O2S3. The first-order valence-electron chi connectivity index (χ1n) is 16.9. The van der Waals surface area contributed by atoms with Crippen LogP contribution >= 0.6 is 34.0 Å². The third-order valence-corrected chi connectivity index (χ3v) is 14.1. The number of allylic oxidation sites excluding steroid dienone is 6. The lowest BCUT2D eigenvalue weighted by molar-refractivity contribution is 0.106. The van der Waals surface area contributed by atoms with Gasteiger partial charge in [0.1, 0.15) is 39.1 Å². The van der Waals surface area contributed by atoms with Gasteiger partial charge in [-0.3, -0.25) is 9.59 Å². The third-order valence-electron chi connectivity index (χ3n) is 10.7. The molecule has 0 atom stereocenters. The van der Waals surface area contributed by atoms with E-state index in [0.29, 0.717) is 10.0 Å². The summed E-state index contributed by atoms with van der Waals surface area (Å²) in [5, 5.41) is 29.9. The topological polar surface area (TPSA) is 135 Å². The number of fused-ring (bicyclic) bond motifs is 8. The Balaban J connectivity index is 1.14. The monoisotopic (exact) mass is 810 g/mol. The maximum Gasteiger partial charge on any atom is 0.271 e. The lowest BCUT2D eigenvalue weighted by Gasteiger charge is -2.24. The molecule has 5 aromatic rings. The van der Waals surface area contributed by atoms with E-state index in [1.807, 2.05) is 12.1 Å². The van der Waals surface area contributed by atoms with E-state index in [0.717, 1.165) is 65.7 Å². The predicted octanol–water partition coefficient (Wildman–Crippen LogP) is 11.0. The smallest absolute Gasteiger partial charge is 0.271 e. The molecule has 2 aromatic carbocycles. The maximum absolute atomic E-state index is 14.4. The highest BCUT2D eigenvalue weighted by molar-refractivity contribution is 7.30. The Bertz CT molecular complexity index is 3180. The molecule has 8 nitrogen and oxygen atoms in total. The number of rotatable bonds is 2. The van der Waals surface area contributed by atoms with Crippen molar-refractivity contribution in [1.82, 2.24) is 0 Å². The summed E-state index contributed by atoms with van der Waals surface area (Å²) in [5.74, 6) is -6.41. The summed E-state index contributed by atoms with van der Waals surface area (Å²) in [6, 6.07) is 12.0. The SMILES string of the molecule is [C-]#[N+]C(C#N)=C1C(=Nc2cc3c(s2)C2=C(c4sc5cc(N=C6C(=O)c7cc(F)c(F)cc7C6=C(C#N)C#N)sc5c4C2(C)C)C3(C)C)C(=O)c2cc(F)c(F)cc21. The first-order valence-corrected chi connectivity index (χ1v) is 19.3. The van der Waals surface area contributed by atoms with E-state index in [-0.39, 0.29) is 44.8 Å². The minimum absolute atomic E-state index is 0.0714. The number of hydrogen-bond acceptors (Lipinski definition) is 10. The Hall–Kier alpha value is -6.62. The summed E-state index contributed by atoms with van der Waals surface area (Å²) in [6.45, 7) is 15.9. The minimum atomic E-state index is -1.25. The Morgan fingerprint density at radius 1 is 0.667 bits per heavy atom. The van der Waals surface area contributed by atoms with Crippen LogP contribution in [0.1, 0.15) is 80.4 Å². The van der Waals surface area contributed by atoms with Gasteiger partial charge in [-0.05, 0) is 64.2 Å². The summed E-state index contributed by atoms with van der Waals surface area (Å²) >= 11 is 4.18. The highest BCUT2D eigenvalue weighted by Gasteiger charge is 2.53. The standard InChI is InChI=1S/C42H18F4N6O2S3/c1-41(2)20-10-27(51-35-30(25(14-49)50-5)17-7-22(44)24(46)9-19(17)37(35)54)56-38(20)31-32(41)40-33(42(31,3)4)39-26(55-40)11-28(57-39)52-34-29(15(12-47)13-48)16-6-21(43)23(45)8-18(16)36(34)53/h6-11H,1-4H3. The number of nitrogens with zero attached hydrogens (tertiary/aromatic N) is 6. The molecule has 0 bridgehead atoms. The number of carbonyl (C=O) groups excluding carboxylic acids is 2. The number of Topliss-reactive ketones (excluding diaryl/α,β-unsaturated/α-hetero) is 2. The Labute approximate surface area is 332 Å². The van der Waals surface area contributed by atoms with Gasteiger partial charge < -0.3 is 0 Å². The number of thiophene rings is 3. The second kappa shape index (κ2) is 11.9. The molecule has 3 heterocycles. The van der Waals surface area contributed by atoms with Crippen LogP contribution in [0.5, 0.6) is 0 Å². The van der Waals surface area contributed by atoms with Crippen LogP contribution in [0.4, 0.5) is 27.6 Å².